The summed E-state index contributed by atoms with van der Waals surface area (Å²) in [6.07, 6.45) is -6.39. The second-order valence-corrected chi connectivity index (χ2v) is 8.71. The minimum Gasteiger partial charge on any atom is -0.504 e. The van der Waals surface area contributed by atoms with Crippen LogP contribution in [0.15, 0.2) is 41.7 Å². The minimum absolute atomic E-state index is 0.00894. The Kier molecular flexibility index (Phi) is 10.1. The van der Waals surface area contributed by atoms with E-state index in [-0.39, 0.29) is 36.5 Å². The Morgan fingerprint density at radius 3 is 2.45 bits per heavy atom. The van der Waals surface area contributed by atoms with E-state index in [2.05, 4.69) is 0 Å². The van der Waals surface area contributed by atoms with Crippen LogP contribution in [0, 0.1) is 5.92 Å². The van der Waals surface area contributed by atoms with Gasteiger partial charge in [-0.25, -0.2) is 4.79 Å². The SMILES string of the molecule is C/C=C1\[C@H](O[C@H]2O[C@@H](CO)[C@H](O)[C@@H](O)[C@@H]2O)OC=C(C(=O)OC)[C@H]1CC(=O)OCCc1ccc(O)c(O)c1. The molecule has 0 saturated carbocycles. The topological polar surface area (TPSA) is 202 Å². The van der Waals surface area contributed by atoms with Crippen LogP contribution in [-0.2, 0) is 39.7 Å². The van der Waals surface area contributed by atoms with Crippen molar-refractivity contribution in [3.63, 3.8) is 0 Å². The molecule has 6 N–H and O–H groups in total. The van der Waals surface area contributed by atoms with Crippen LogP contribution in [0.2, 0.25) is 0 Å². The van der Waals surface area contributed by atoms with Crippen molar-refractivity contribution in [2.75, 3.05) is 20.3 Å². The predicted octanol–water partition coefficient (Wildman–Crippen LogP) is -0.634. The van der Waals surface area contributed by atoms with Gasteiger partial charge < -0.3 is 54.3 Å². The highest BCUT2D eigenvalue weighted by molar-refractivity contribution is 5.90. The van der Waals surface area contributed by atoms with Crippen molar-refractivity contribution in [1.82, 2.24) is 0 Å². The summed E-state index contributed by atoms with van der Waals surface area (Å²) < 4.78 is 26.7. The number of benzene rings is 1. The van der Waals surface area contributed by atoms with Gasteiger partial charge in [0.25, 0.3) is 0 Å². The van der Waals surface area contributed by atoms with Crippen molar-refractivity contribution >= 4 is 11.9 Å². The van der Waals surface area contributed by atoms with Crippen LogP contribution in [-0.4, -0.2) is 99.9 Å². The molecule has 0 aliphatic carbocycles. The van der Waals surface area contributed by atoms with Gasteiger partial charge in [0.15, 0.2) is 17.8 Å². The number of hydrogen-bond acceptors (Lipinski definition) is 13. The zero-order chi connectivity index (χ0) is 28.0. The van der Waals surface area contributed by atoms with Gasteiger partial charge in [-0.1, -0.05) is 12.1 Å². The lowest BCUT2D eigenvalue weighted by Gasteiger charge is -2.41. The van der Waals surface area contributed by atoms with Crippen LogP contribution < -0.4 is 0 Å². The molecular formula is C25H32O13. The predicted molar refractivity (Wildman–Crippen MR) is 126 cm³/mol. The van der Waals surface area contributed by atoms with Crippen molar-refractivity contribution in [2.45, 2.75) is 56.8 Å². The maximum absolute atomic E-state index is 12.7. The quantitative estimate of drug-likeness (QED) is 0.131. The highest BCUT2D eigenvalue weighted by atomic mass is 16.8. The number of hydrogen-bond donors (Lipinski definition) is 6. The first-order valence-corrected chi connectivity index (χ1v) is 11.8. The Morgan fingerprint density at radius 1 is 1.08 bits per heavy atom. The first-order valence-electron chi connectivity index (χ1n) is 11.8. The minimum atomic E-state index is -1.69. The molecule has 13 nitrogen and oxygen atoms in total. The van der Waals surface area contributed by atoms with E-state index < -0.39 is 61.5 Å². The number of carbonyl (C=O) groups excluding carboxylic acids is 2. The fourth-order valence-corrected chi connectivity index (χ4v) is 4.16. The number of methoxy groups -OCH3 is 1. The third kappa shape index (κ3) is 6.62. The van der Waals surface area contributed by atoms with Crippen molar-refractivity contribution in [3.8, 4) is 11.5 Å². The molecule has 2 aliphatic heterocycles. The molecule has 2 heterocycles. The third-order valence-electron chi connectivity index (χ3n) is 6.29. The molecule has 1 saturated heterocycles. The van der Waals surface area contributed by atoms with Crippen molar-refractivity contribution < 1.29 is 63.9 Å². The van der Waals surface area contributed by atoms with E-state index in [1.165, 1.54) is 12.1 Å². The number of ether oxygens (including phenoxy) is 5. The zero-order valence-electron chi connectivity index (χ0n) is 20.8. The van der Waals surface area contributed by atoms with E-state index in [1.54, 1.807) is 19.1 Å². The summed E-state index contributed by atoms with van der Waals surface area (Å²) >= 11 is 0. The van der Waals surface area contributed by atoms with Crippen LogP contribution >= 0.6 is 0 Å². The summed E-state index contributed by atoms with van der Waals surface area (Å²) in [6, 6.07) is 4.23. The van der Waals surface area contributed by atoms with Gasteiger partial charge in [0.05, 0.1) is 38.6 Å². The summed E-state index contributed by atoms with van der Waals surface area (Å²) in [5.41, 5.74) is 0.927. The molecule has 0 spiro atoms. The second-order valence-electron chi connectivity index (χ2n) is 8.71. The monoisotopic (exact) mass is 540 g/mol. The fourth-order valence-electron chi connectivity index (χ4n) is 4.16. The van der Waals surface area contributed by atoms with Crippen LogP contribution in [0.1, 0.15) is 18.9 Å². The summed E-state index contributed by atoms with van der Waals surface area (Å²) in [4.78, 5) is 25.1. The molecule has 1 aromatic rings. The number of phenolic OH excluding ortho intramolecular Hbond substituents is 2. The molecule has 1 aromatic carbocycles. The van der Waals surface area contributed by atoms with Crippen molar-refractivity contribution in [3.05, 3.63) is 47.2 Å². The standard InChI is InChI=1S/C25H32O13/c1-3-13-14(9-19(29)35-7-6-12-4-5-16(27)17(28)8-12)15(23(33)34-2)11-36-24(13)38-25-22(32)21(31)20(30)18(10-26)37-25/h3-5,8,11,14,18,20-22,24-28,30-32H,6-7,9-10H2,1-2H3/b13-3-/t14-,18-,20-,21+,22-,24-,25+/m0/s1. The van der Waals surface area contributed by atoms with Gasteiger partial charge in [-0.2, -0.15) is 0 Å². The molecule has 0 radical (unpaired) electrons. The first-order chi connectivity index (χ1) is 18.1. The number of rotatable bonds is 9. The Hall–Kier alpha value is -3.20. The van der Waals surface area contributed by atoms with Gasteiger partial charge in [0.2, 0.25) is 6.29 Å². The molecule has 3 rings (SSSR count). The van der Waals surface area contributed by atoms with Gasteiger partial charge in [0.1, 0.15) is 24.4 Å². The van der Waals surface area contributed by atoms with Crippen LogP contribution in [0.25, 0.3) is 0 Å². The zero-order valence-corrected chi connectivity index (χ0v) is 20.8. The summed E-state index contributed by atoms with van der Waals surface area (Å²) in [7, 11) is 1.16. The highest BCUT2D eigenvalue weighted by Gasteiger charge is 2.46. The molecule has 210 valence electrons. The van der Waals surface area contributed by atoms with Crippen molar-refractivity contribution in [2.24, 2.45) is 5.92 Å². The van der Waals surface area contributed by atoms with E-state index in [1.807, 2.05) is 0 Å². The van der Waals surface area contributed by atoms with E-state index in [9.17, 15) is 40.2 Å². The number of carbonyl (C=O) groups is 2. The third-order valence-corrected chi connectivity index (χ3v) is 6.29. The molecule has 0 bridgehead atoms. The van der Waals surface area contributed by atoms with Gasteiger partial charge in [-0.05, 0) is 24.6 Å². The van der Waals surface area contributed by atoms with Gasteiger partial charge in [0, 0.05) is 17.9 Å². The van der Waals surface area contributed by atoms with Crippen LogP contribution in [0.5, 0.6) is 11.5 Å². The van der Waals surface area contributed by atoms with E-state index in [0.717, 1.165) is 13.4 Å². The lowest BCUT2D eigenvalue weighted by atomic mass is 9.86. The maximum Gasteiger partial charge on any atom is 0.337 e. The Bertz CT molecular complexity index is 1050. The summed E-state index contributed by atoms with van der Waals surface area (Å²) in [6.45, 7) is 0.912. The fraction of sp³-hybridized carbons (Fsp3) is 0.520. The molecule has 0 unspecified atom stereocenters. The highest BCUT2D eigenvalue weighted by Crippen LogP contribution is 2.36. The second kappa shape index (κ2) is 13.0. The lowest BCUT2D eigenvalue weighted by Crippen LogP contribution is -2.60. The number of phenols is 2. The Labute approximate surface area is 218 Å². The number of aliphatic hydroxyl groups is 4. The summed E-state index contributed by atoms with van der Waals surface area (Å²) in [5, 5.41) is 58.8. The van der Waals surface area contributed by atoms with Crippen LogP contribution in [0.4, 0.5) is 0 Å². The molecule has 13 heteroatoms. The largest absolute Gasteiger partial charge is 0.504 e. The molecular weight excluding hydrogens is 508 g/mol. The van der Waals surface area contributed by atoms with E-state index >= 15 is 0 Å². The van der Waals surface area contributed by atoms with E-state index in [0.29, 0.717) is 11.1 Å². The first kappa shape index (κ1) is 29.4. The van der Waals surface area contributed by atoms with Gasteiger partial charge in [-0.15, -0.1) is 0 Å². The van der Waals surface area contributed by atoms with Crippen molar-refractivity contribution in [1.29, 1.82) is 0 Å². The lowest BCUT2D eigenvalue weighted by molar-refractivity contribution is -0.327. The van der Waals surface area contributed by atoms with Gasteiger partial charge in [-0.3, -0.25) is 4.79 Å². The molecule has 38 heavy (non-hydrogen) atoms. The average molecular weight is 541 g/mol. The number of allylic oxidation sites excluding steroid dienone is 1. The van der Waals surface area contributed by atoms with Crippen LogP contribution in [0.3, 0.4) is 0 Å². The Morgan fingerprint density at radius 2 is 1.82 bits per heavy atom. The number of aromatic hydroxyl groups is 2. The average Bonchev–Trinajstić information content (AvgIpc) is 2.90. The Balaban J connectivity index is 1.71. The molecule has 7 atom stereocenters. The number of esters is 2. The molecule has 0 aromatic heterocycles. The smallest absolute Gasteiger partial charge is 0.337 e. The summed E-state index contributed by atoms with van der Waals surface area (Å²) in [5.74, 6) is -2.89. The van der Waals surface area contributed by atoms with Gasteiger partial charge >= 0.3 is 11.9 Å². The molecule has 0 amide bonds. The molecule has 2 aliphatic rings. The molecule has 1 fully saturated rings. The van der Waals surface area contributed by atoms with E-state index in [4.69, 9.17) is 23.7 Å². The normalized spacial score (nSPS) is 30.3. The maximum atomic E-state index is 12.7. The number of aliphatic hydroxyl groups excluding tert-OH is 4.